The third-order valence-electron chi connectivity index (χ3n) is 1.32. The molecule has 0 aliphatic rings. The number of allylic oxidation sites excluding steroid dienone is 2. The maximum atomic E-state index is 10.7. The summed E-state index contributed by atoms with van der Waals surface area (Å²) in [6.07, 6.45) is 4.69. The topological polar surface area (TPSA) is 17.1 Å². The van der Waals surface area contributed by atoms with E-state index < -0.39 is 0 Å². The van der Waals surface area contributed by atoms with E-state index in [4.69, 9.17) is 0 Å². The quantitative estimate of drug-likeness (QED) is 0.551. The molecule has 0 heterocycles. The minimum absolute atomic E-state index is 0.0422. The van der Waals surface area contributed by atoms with Crippen molar-refractivity contribution in [1.82, 2.24) is 0 Å². The van der Waals surface area contributed by atoms with E-state index in [0.717, 1.165) is 0 Å². The van der Waals surface area contributed by atoms with Crippen LogP contribution in [-0.4, -0.2) is 5.78 Å². The fraction of sp³-hybridized carbons (Fsp3) is 0.667. The lowest BCUT2D eigenvalue weighted by Crippen LogP contribution is -2.11. The molecule has 0 aromatic rings. The molecule has 10 heavy (non-hydrogen) atoms. The van der Waals surface area contributed by atoms with Crippen LogP contribution in [0.4, 0.5) is 0 Å². The highest BCUT2D eigenvalue weighted by molar-refractivity contribution is 5.76. The number of ketones is 1. The van der Waals surface area contributed by atoms with Gasteiger partial charge in [-0.1, -0.05) is 26.0 Å². The molecule has 0 radical (unpaired) electrons. The van der Waals surface area contributed by atoms with Crippen molar-refractivity contribution in [2.24, 2.45) is 5.41 Å². The highest BCUT2D eigenvalue weighted by Crippen LogP contribution is 2.21. The molecule has 0 unspecified atom stereocenters. The molecule has 0 spiro atoms. The third-order valence-corrected chi connectivity index (χ3v) is 1.32. The summed E-state index contributed by atoms with van der Waals surface area (Å²) in [6.45, 7) is 7.73. The fourth-order valence-corrected chi connectivity index (χ4v) is 1.15. The maximum Gasteiger partial charge on any atom is 0.130 e. The van der Waals surface area contributed by atoms with Gasteiger partial charge >= 0.3 is 0 Å². The van der Waals surface area contributed by atoms with Crippen molar-refractivity contribution in [1.29, 1.82) is 0 Å². The second-order valence-corrected chi connectivity index (χ2v) is 3.37. The van der Waals surface area contributed by atoms with E-state index in [1.54, 1.807) is 6.92 Å². The molecule has 0 saturated heterocycles. The molecule has 1 nitrogen and oxygen atoms in total. The Hall–Kier alpha value is -0.590. The van der Waals surface area contributed by atoms with E-state index in [9.17, 15) is 4.79 Å². The van der Waals surface area contributed by atoms with Gasteiger partial charge in [0.05, 0.1) is 0 Å². The first-order valence-corrected chi connectivity index (χ1v) is 3.61. The highest BCUT2D eigenvalue weighted by atomic mass is 16.1. The van der Waals surface area contributed by atoms with Gasteiger partial charge in [0.2, 0.25) is 0 Å². The van der Waals surface area contributed by atoms with E-state index >= 15 is 0 Å². The van der Waals surface area contributed by atoms with Gasteiger partial charge in [0.1, 0.15) is 5.78 Å². The van der Waals surface area contributed by atoms with Gasteiger partial charge in [0, 0.05) is 6.42 Å². The summed E-state index contributed by atoms with van der Waals surface area (Å²) < 4.78 is 0. The summed E-state index contributed by atoms with van der Waals surface area (Å²) in [6, 6.07) is 0. The van der Waals surface area contributed by atoms with Gasteiger partial charge in [-0.2, -0.15) is 0 Å². The van der Waals surface area contributed by atoms with Gasteiger partial charge in [0.25, 0.3) is 0 Å². The Morgan fingerprint density at radius 1 is 1.50 bits per heavy atom. The van der Waals surface area contributed by atoms with E-state index in [0.29, 0.717) is 6.42 Å². The molecule has 0 aromatic carbocycles. The molecule has 0 aromatic heterocycles. The second-order valence-electron chi connectivity index (χ2n) is 3.37. The van der Waals surface area contributed by atoms with Crippen molar-refractivity contribution >= 4 is 5.78 Å². The average molecular weight is 140 g/mol. The maximum absolute atomic E-state index is 10.7. The summed E-state index contributed by atoms with van der Waals surface area (Å²) in [5.41, 5.74) is 0.0422. The van der Waals surface area contributed by atoms with Crippen molar-refractivity contribution in [2.45, 2.75) is 34.1 Å². The van der Waals surface area contributed by atoms with Gasteiger partial charge in [-0.15, -0.1) is 0 Å². The van der Waals surface area contributed by atoms with Crippen LogP contribution >= 0.6 is 0 Å². The molecule has 0 aliphatic carbocycles. The SMILES string of the molecule is C/C=C\C(C)(C)CC(C)=O. The molecule has 0 N–H and O–H groups in total. The molecule has 1 heteroatoms. The Morgan fingerprint density at radius 3 is 2.30 bits per heavy atom. The molecule has 58 valence electrons. The van der Waals surface area contributed by atoms with Gasteiger partial charge in [0.15, 0.2) is 0 Å². The number of carbonyl (C=O) groups is 1. The summed E-state index contributed by atoms with van der Waals surface area (Å²) in [4.78, 5) is 10.7. The van der Waals surface area contributed by atoms with Crippen LogP contribution in [0.25, 0.3) is 0 Å². The van der Waals surface area contributed by atoms with E-state index in [2.05, 4.69) is 19.9 Å². The highest BCUT2D eigenvalue weighted by Gasteiger charge is 2.14. The summed E-state index contributed by atoms with van der Waals surface area (Å²) >= 11 is 0. The van der Waals surface area contributed by atoms with Gasteiger partial charge in [-0.25, -0.2) is 0 Å². The fourth-order valence-electron chi connectivity index (χ4n) is 1.15. The molecule has 0 fully saturated rings. The van der Waals surface area contributed by atoms with Gasteiger partial charge < -0.3 is 0 Å². The monoisotopic (exact) mass is 140 g/mol. The van der Waals surface area contributed by atoms with Gasteiger partial charge in [-0.3, -0.25) is 4.79 Å². The van der Waals surface area contributed by atoms with Crippen LogP contribution in [0.3, 0.4) is 0 Å². The van der Waals surface area contributed by atoms with E-state index in [-0.39, 0.29) is 11.2 Å². The summed E-state index contributed by atoms with van der Waals surface area (Å²) in [7, 11) is 0. The summed E-state index contributed by atoms with van der Waals surface area (Å²) in [5.74, 6) is 0.253. The van der Waals surface area contributed by atoms with Crippen LogP contribution < -0.4 is 0 Å². The molecule has 0 saturated carbocycles. The van der Waals surface area contributed by atoms with Crippen molar-refractivity contribution in [3.05, 3.63) is 12.2 Å². The number of carbonyl (C=O) groups excluding carboxylic acids is 1. The smallest absolute Gasteiger partial charge is 0.130 e. The zero-order chi connectivity index (χ0) is 8.20. The lowest BCUT2D eigenvalue weighted by atomic mass is 9.87. The Kier molecular flexibility index (Phi) is 3.34. The average Bonchev–Trinajstić information content (AvgIpc) is 1.59. The van der Waals surface area contributed by atoms with Crippen LogP contribution in [0.5, 0.6) is 0 Å². The first-order chi connectivity index (χ1) is 4.48. The molecule has 0 atom stereocenters. The molecular weight excluding hydrogens is 124 g/mol. The molecule has 0 rings (SSSR count). The minimum atomic E-state index is 0.0422. The van der Waals surface area contributed by atoms with Crippen LogP contribution in [0.15, 0.2) is 12.2 Å². The van der Waals surface area contributed by atoms with E-state index in [1.165, 1.54) is 0 Å². The van der Waals surface area contributed by atoms with Crippen LogP contribution in [0.1, 0.15) is 34.1 Å². The largest absolute Gasteiger partial charge is 0.300 e. The van der Waals surface area contributed by atoms with Gasteiger partial charge in [-0.05, 0) is 19.3 Å². The van der Waals surface area contributed by atoms with Crippen molar-refractivity contribution in [3.63, 3.8) is 0 Å². The Balaban J connectivity index is 3.99. The lowest BCUT2D eigenvalue weighted by Gasteiger charge is -2.17. The number of Topliss-reactive ketones (excluding diaryl/α,β-unsaturated/α-hetero) is 1. The number of hydrogen-bond donors (Lipinski definition) is 0. The van der Waals surface area contributed by atoms with Crippen molar-refractivity contribution in [2.75, 3.05) is 0 Å². The zero-order valence-electron chi connectivity index (χ0n) is 7.27. The predicted molar refractivity (Wildman–Crippen MR) is 43.9 cm³/mol. The van der Waals surface area contributed by atoms with Crippen LogP contribution in [0.2, 0.25) is 0 Å². The Bertz CT molecular complexity index is 143. The number of hydrogen-bond acceptors (Lipinski definition) is 1. The normalized spacial score (nSPS) is 12.4. The first-order valence-electron chi connectivity index (χ1n) is 3.61. The van der Waals surface area contributed by atoms with E-state index in [1.807, 2.05) is 13.0 Å². The number of rotatable bonds is 3. The molecular formula is C9H16O. The lowest BCUT2D eigenvalue weighted by molar-refractivity contribution is -0.118. The third kappa shape index (κ3) is 4.30. The van der Waals surface area contributed by atoms with Crippen molar-refractivity contribution < 1.29 is 4.79 Å². The minimum Gasteiger partial charge on any atom is -0.300 e. The summed E-state index contributed by atoms with van der Waals surface area (Å²) in [5, 5.41) is 0. The van der Waals surface area contributed by atoms with Crippen molar-refractivity contribution in [3.8, 4) is 0 Å². The standard InChI is InChI=1S/C9H16O/c1-5-6-9(3,4)7-8(2)10/h5-6H,7H2,1-4H3/b6-5-. The Labute approximate surface area is 63.1 Å². The van der Waals surface area contributed by atoms with Crippen LogP contribution in [0, 0.1) is 5.41 Å². The molecule has 0 amide bonds. The molecule has 0 aliphatic heterocycles. The zero-order valence-corrected chi connectivity index (χ0v) is 7.27. The Morgan fingerprint density at radius 2 is 2.00 bits per heavy atom. The molecule has 0 bridgehead atoms. The van der Waals surface area contributed by atoms with Crippen LogP contribution in [-0.2, 0) is 4.79 Å². The first kappa shape index (κ1) is 9.41. The second kappa shape index (κ2) is 3.55. The predicted octanol–water partition coefficient (Wildman–Crippen LogP) is 2.57.